The van der Waals surface area contributed by atoms with Gasteiger partial charge in [-0.3, -0.25) is 0 Å². The standard InChI is InChI=1S/C11H10BrNO2/c1-6-4-3-5-7-8(12)10(11(14)15-2)13-9(6)7/h3-5,13H,1-2H3. The number of ether oxygens (including phenoxy) is 1. The van der Waals surface area contributed by atoms with Crippen molar-refractivity contribution in [1.82, 2.24) is 4.98 Å². The van der Waals surface area contributed by atoms with Crippen LogP contribution in [0.15, 0.2) is 22.7 Å². The van der Waals surface area contributed by atoms with Crippen LogP contribution in [0.5, 0.6) is 0 Å². The van der Waals surface area contributed by atoms with Gasteiger partial charge in [-0.05, 0) is 28.4 Å². The fourth-order valence-corrected chi connectivity index (χ4v) is 2.17. The third-order valence-electron chi connectivity index (χ3n) is 2.37. The summed E-state index contributed by atoms with van der Waals surface area (Å²) in [7, 11) is 1.37. The second-order valence-corrected chi connectivity index (χ2v) is 4.10. The normalized spacial score (nSPS) is 10.6. The molecule has 3 nitrogen and oxygen atoms in total. The van der Waals surface area contributed by atoms with E-state index in [-0.39, 0.29) is 5.97 Å². The molecule has 0 fully saturated rings. The molecule has 0 spiro atoms. The Morgan fingerprint density at radius 3 is 2.80 bits per heavy atom. The predicted octanol–water partition coefficient (Wildman–Crippen LogP) is 3.03. The van der Waals surface area contributed by atoms with Gasteiger partial charge < -0.3 is 9.72 Å². The number of esters is 1. The summed E-state index contributed by atoms with van der Waals surface area (Å²) < 4.78 is 5.44. The first-order chi connectivity index (χ1) is 7.15. The number of rotatable bonds is 1. The van der Waals surface area contributed by atoms with Gasteiger partial charge in [0.2, 0.25) is 0 Å². The molecule has 0 aliphatic heterocycles. The number of para-hydroxylation sites is 1. The number of aryl methyl sites for hydroxylation is 1. The van der Waals surface area contributed by atoms with Crippen molar-refractivity contribution in [2.45, 2.75) is 6.92 Å². The summed E-state index contributed by atoms with van der Waals surface area (Å²) in [5, 5.41) is 0.996. The van der Waals surface area contributed by atoms with Crippen LogP contribution in [0.1, 0.15) is 16.1 Å². The molecule has 0 atom stereocenters. The zero-order valence-electron chi connectivity index (χ0n) is 8.43. The van der Waals surface area contributed by atoms with E-state index in [1.807, 2.05) is 25.1 Å². The number of benzene rings is 1. The highest BCUT2D eigenvalue weighted by Gasteiger charge is 2.16. The number of aromatic amines is 1. The van der Waals surface area contributed by atoms with Crippen molar-refractivity contribution in [2.75, 3.05) is 7.11 Å². The molecule has 1 N–H and O–H groups in total. The van der Waals surface area contributed by atoms with E-state index in [9.17, 15) is 4.79 Å². The molecule has 15 heavy (non-hydrogen) atoms. The maximum atomic E-state index is 11.4. The number of hydrogen-bond donors (Lipinski definition) is 1. The number of halogens is 1. The van der Waals surface area contributed by atoms with Crippen molar-refractivity contribution in [1.29, 1.82) is 0 Å². The lowest BCUT2D eigenvalue weighted by Gasteiger charge is -1.94. The maximum Gasteiger partial charge on any atom is 0.355 e. The zero-order valence-corrected chi connectivity index (χ0v) is 10.0. The van der Waals surface area contributed by atoms with Gasteiger partial charge in [-0.1, -0.05) is 18.2 Å². The lowest BCUT2D eigenvalue weighted by molar-refractivity contribution is 0.0594. The van der Waals surface area contributed by atoms with Crippen LogP contribution in [-0.4, -0.2) is 18.1 Å². The van der Waals surface area contributed by atoms with Crippen LogP contribution >= 0.6 is 15.9 Å². The molecule has 2 aromatic rings. The van der Waals surface area contributed by atoms with Gasteiger partial charge in [-0.25, -0.2) is 4.79 Å². The fourth-order valence-electron chi connectivity index (χ4n) is 1.57. The van der Waals surface area contributed by atoms with Crippen molar-refractivity contribution in [3.8, 4) is 0 Å². The van der Waals surface area contributed by atoms with Crippen LogP contribution in [0.4, 0.5) is 0 Å². The van der Waals surface area contributed by atoms with E-state index in [2.05, 4.69) is 25.7 Å². The molecule has 0 radical (unpaired) electrons. The Hall–Kier alpha value is -1.29. The van der Waals surface area contributed by atoms with Crippen LogP contribution in [0, 0.1) is 6.92 Å². The summed E-state index contributed by atoms with van der Waals surface area (Å²) in [6.45, 7) is 1.99. The first-order valence-corrected chi connectivity index (χ1v) is 5.29. The molecule has 0 bridgehead atoms. The lowest BCUT2D eigenvalue weighted by atomic mass is 10.2. The smallest absolute Gasteiger partial charge is 0.355 e. The molecule has 4 heteroatoms. The second-order valence-electron chi connectivity index (χ2n) is 3.30. The van der Waals surface area contributed by atoms with Gasteiger partial charge in [0, 0.05) is 5.39 Å². The number of H-pyrrole nitrogens is 1. The summed E-state index contributed by atoms with van der Waals surface area (Å²) >= 11 is 3.40. The molecule has 2 rings (SSSR count). The average molecular weight is 268 g/mol. The topological polar surface area (TPSA) is 42.1 Å². The first-order valence-electron chi connectivity index (χ1n) is 4.50. The highest BCUT2D eigenvalue weighted by molar-refractivity contribution is 9.10. The fraction of sp³-hybridized carbons (Fsp3) is 0.182. The SMILES string of the molecule is COC(=O)c1[nH]c2c(C)cccc2c1Br. The van der Waals surface area contributed by atoms with Crippen LogP contribution < -0.4 is 0 Å². The molecular weight excluding hydrogens is 258 g/mol. The number of carbonyl (C=O) groups excluding carboxylic acids is 1. The minimum atomic E-state index is -0.363. The molecule has 1 heterocycles. The molecule has 0 saturated heterocycles. The molecule has 0 amide bonds. The minimum absolute atomic E-state index is 0.363. The Morgan fingerprint density at radius 2 is 2.20 bits per heavy atom. The van der Waals surface area contributed by atoms with E-state index < -0.39 is 0 Å². The zero-order chi connectivity index (χ0) is 11.0. The molecule has 1 aromatic carbocycles. The second kappa shape index (κ2) is 3.70. The van der Waals surface area contributed by atoms with Crippen molar-refractivity contribution in [2.24, 2.45) is 0 Å². The molecule has 78 valence electrons. The molecule has 0 aliphatic rings. The Labute approximate surface area is 95.6 Å². The number of nitrogens with one attached hydrogen (secondary N) is 1. The summed E-state index contributed by atoms with van der Waals surface area (Å²) in [5.41, 5.74) is 2.52. The van der Waals surface area contributed by atoms with Gasteiger partial charge in [0.15, 0.2) is 0 Å². The van der Waals surface area contributed by atoms with Gasteiger partial charge in [0.25, 0.3) is 0 Å². The van der Waals surface area contributed by atoms with Crippen LogP contribution in [0.2, 0.25) is 0 Å². The highest BCUT2D eigenvalue weighted by Crippen LogP contribution is 2.29. The Morgan fingerprint density at radius 1 is 1.47 bits per heavy atom. The van der Waals surface area contributed by atoms with Crippen molar-refractivity contribution >= 4 is 32.8 Å². The van der Waals surface area contributed by atoms with Gasteiger partial charge in [-0.2, -0.15) is 0 Å². The number of fused-ring (bicyclic) bond motifs is 1. The van der Waals surface area contributed by atoms with Crippen molar-refractivity contribution < 1.29 is 9.53 Å². The monoisotopic (exact) mass is 267 g/mol. The van der Waals surface area contributed by atoms with Gasteiger partial charge in [0.1, 0.15) is 5.69 Å². The average Bonchev–Trinajstić information content (AvgIpc) is 2.57. The van der Waals surface area contributed by atoms with E-state index in [4.69, 9.17) is 0 Å². The summed E-state index contributed by atoms with van der Waals surface area (Å²) in [5.74, 6) is -0.363. The van der Waals surface area contributed by atoms with E-state index >= 15 is 0 Å². The minimum Gasteiger partial charge on any atom is -0.464 e. The van der Waals surface area contributed by atoms with E-state index in [0.717, 1.165) is 20.9 Å². The van der Waals surface area contributed by atoms with E-state index in [1.54, 1.807) is 0 Å². The summed E-state index contributed by atoms with van der Waals surface area (Å²) in [6, 6.07) is 5.90. The third-order valence-corrected chi connectivity index (χ3v) is 3.19. The summed E-state index contributed by atoms with van der Waals surface area (Å²) in [6.07, 6.45) is 0. The van der Waals surface area contributed by atoms with E-state index in [0.29, 0.717) is 5.69 Å². The van der Waals surface area contributed by atoms with Crippen molar-refractivity contribution in [3.05, 3.63) is 33.9 Å². The molecule has 0 aliphatic carbocycles. The van der Waals surface area contributed by atoms with Gasteiger partial charge in [-0.15, -0.1) is 0 Å². The molecular formula is C11H10BrNO2. The lowest BCUT2D eigenvalue weighted by Crippen LogP contribution is -2.01. The summed E-state index contributed by atoms with van der Waals surface area (Å²) in [4.78, 5) is 14.5. The number of hydrogen-bond acceptors (Lipinski definition) is 2. The number of methoxy groups -OCH3 is 1. The largest absolute Gasteiger partial charge is 0.464 e. The highest BCUT2D eigenvalue weighted by atomic mass is 79.9. The molecule has 1 aromatic heterocycles. The van der Waals surface area contributed by atoms with Gasteiger partial charge >= 0.3 is 5.97 Å². The van der Waals surface area contributed by atoms with E-state index in [1.165, 1.54) is 7.11 Å². The van der Waals surface area contributed by atoms with Crippen molar-refractivity contribution in [3.63, 3.8) is 0 Å². The third kappa shape index (κ3) is 1.55. The van der Waals surface area contributed by atoms with Crippen LogP contribution in [-0.2, 0) is 4.74 Å². The Balaban J connectivity index is 2.75. The van der Waals surface area contributed by atoms with Gasteiger partial charge in [0.05, 0.1) is 17.1 Å². The first kappa shape index (κ1) is 10.2. The molecule has 0 unspecified atom stereocenters. The maximum absolute atomic E-state index is 11.4. The quantitative estimate of drug-likeness (QED) is 0.808. The molecule has 0 saturated carbocycles. The number of aromatic nitrogens is 1. The Bertz CT molecular complexity index is 531. The predicted molar refractivity (Wildman–Crippen MR) is 62.1 cm³/mol. The van der Waals surface area contributed by atoms with Crippen LogP contribution in [0.25, 0.3) is 10.9 Å². The number of carbonyl (C=O) groups is 1. The Kier molecular flexibility index (Phi) is 2.52. The van der Waals surface area contributed by atoms with Crippen LogP contribution in [0.3, 0.4) is 0 Å².